The van der Waals surface area contributed by atoms with Crippen LogP contribution in [0.2, 0.25) is 0 Å². The molecule has 47 heavy (non-hydrogen) atoms. The molecule has 236 valence electrons. The molecule has 0 spiro atoms. The Morgan fingerprint density at radius 3 is 2.21 bits per heavy atom. The number of rotatable bonds is 8. The van der Waals surface area contributed by atoms with E-state index in [9.17, 15) is 0 Å². The molecule has 3 heterocycles. The number of nitrogens with zero attached hydrogens (tertiary/aromatic N) is 4. The standard InChI is InChI=1S/C41H40N4O2/c1-7-35-40(27-14-10-9-11-15-27)36(8-2)45(43-35)29-22-28(41(3,4)5)23-32(24-29)47-31-18-19-34-33-16-12-13-17-37(33)44(38(34)25-31)39-26-30(46-6)20-21-42-39/h9-26H,7-8H2,1-6H3. The maximum Gasteiger partial charge on any atom is 0.141 e. The van der Waals surface area contributed by atoms with Crippen LogP contribution in [0.5, 0.6) is 17.2 Å². The van der Waals surface area contributed by atoms with Gasteiger partial charge in [-0.1, -0.05) is 83.1 Å². The maximum atomic E-state index is 6.74. The summed E-state index contributed by atoms with van der Waals surface area (Å²) in [7, 11) is 1.68. The first-order chi connectivity index (χ1) is 22.8. The summed E-state index contributed by atoms with van der Waals surface area (Å²) in [4.78, 5) is 4.71. The van der Waals surface area contributed by atoms with Gasteiger partial charge in [-0.3, -0.25) is 4.57 Å². The van der Waals surface area contributed by atoms with Crippen LogP contribution in [0.3, 0.4) is 0 Å². The number of para-hydroxylation sites is 1. The lowest BCUT2D eigenvalue weighted by Gasteiger charge is -2.22. The number of hydrogen-bond acceptors (Lipinski definition) is 4. The zero-order chi connectivity index (χ0) is 32.7. The highest BCUT2D eigenvalue weighted by Crippen LogP contribution is 2.38. The van der Waals surface area contributed by atoms with Gasteiger partial charge in [-0.05, 0) is 65.8 Å². The second kappa shape index (κ2) is 12.1. The van der Waals surface area contributed by atoms with Crippen LogP contribution in [0, 0.1) is 0 Å². The molecule has 0 aliphatic heterocycles. The minimum absolute atomic E-state index is 0.0993. The van der Waals surface area contributed by atoms with E-state index < -0.39 is 0 Å². The molecular formula is C41H40N4O2. The summed E-state index contributed by atoms with van der Waals surface area (Å²) >= 11 is 0. The molecule has 0 radical (unpaired) electrons. The third kappa shape index (κ3) is 5.54. The number of aryl methyl sites for hydroxylation is 1. The molecule has 0 bridgehead atoms. The third-order valence-electron chi connectivity index (χ3n) is 8.85. The highest BCUT2D eigenvalue weighted by molar-refractivity contribution is 6.09. The number of fused-ring (bicyclic) bond motifs is 3. The highest BCUT2D eigenvalue weighted by atomic mass is 16.5. The molecule has 6 heteroatoms. The van der Waals surface area contributed by atoms with Crippen LogP contribution in [0.15, 0.2) is 109 Å². The SMILES string of the molecule is CCc1nn(-c2cc(Oc3ccc4c5ccccc5n(-c5cc(OC)ccn5)c4c3)cc(C(C)(C)C)c2)c(CC)c1-c1ccccc1. The molecule has 0 saturated carbocycles. The van der Waals surface area contributed by atoms with E-state index in [-0.39, 0.29) is 5.41 Å². The first kappa shape index (κ1) is 30.3. The number of hydrogen-bond donors (Lipinski definition) is 0. The Balaban J connectivity index is 1.37. The third-order valence-corrected chi connectivity index (χ3v) is 8.85. The molecule has 0 N–H and O–H groups in total. The van der Waals surface area contributed by atoms with Crippen molar-refractivity contribution < 1.29 is 9.47 Å². The van der Waals surface area contributed by atoms with E-state index in [1.165, 1.54) is 22.4 Å². The average Bonchev–Trinajstić information content (AvgIpc) is 3.63. The molecule has 7 rings (SSSR count). The molecule has 3 aromatic heterocycles. The van der Waals surface area contributed by atoms with Gasteiger partial charge in [0, 0.05) is 40.7 Å². The fourth-order valence-electron chi connectivity index (χ4n) is 6.47. The van der Waals surface area contributed by atoms with E-state index in [4.69, 9.17) is 19.6 Å². The van der Waals surface area contributed by atoms with Crippen LogP contribution in [0.1, 0.15) is 51.6 Å². The van der Waals surface area contributed by atoms with E-state index in [1.54, 1.807) is 13.3 Å². The maximum absolute atomic E-state index is 6.74. The van der Waals surface area contributed by atoms with Crippen LogP contribution in [0.4, 0.5) is 0 Å². The van der Waals surface area contributed by atoms with Crippen LogP contribution in [-0.2, 0) is 18.3 Å². The average molecular weight is 621 g/mol. The second-order valence-corrected chi connectivity index (χ2v) is 12.9. The van der Waals surface area contributed by atoms with Crippen molar-refractivity contribution in [3.05, 3.63) is 126 Å². The van der Waals surface area contributed by atoms with Crippen LogP contribution in [0.25, 0.3) is 44.4 Å². The Morgan fingerprint density at radius 2 is 1.47 bits per heavy atom. The van der Waals surface area contributed by atoms with Crippen LogP contribution < -0.4 is 9.47 Å². The molecule has 0 saturated heterocycles. The quantitative estimate of drug-likeness (QED) is 0.170. The molecule has 0 amide bonds. The first-order valence-electron chi connectivity index (χ1n) is 16.3. The normalized spacial score (nSPS) is 11.8. The zero-order valence-electron chi connectivity index (χ0n) is 27.9. The van der Waals surface area contributed by atoms with Crippen molar-refractivity contribution in [2.45, 2.75) is 52.9 Å². The Hall–Kier alpha value is -5.36. The van der Waals surface area contributed by atoms with Crippen LogP contribution >= 0.6 is 0 Å². The molecule has 6 nitrogen and oxygen atoms in total. The molecular weight excluding hydrogens is 580 g/mol. The van der Waals surface area contributed by atoms with Gasteiger partial charge < -0.3 is 9.47 Å². The molecule has 0 atom stereocenters. The molecule has 0 aliphatic carbocycles. The number of aromatic nitrogens is 4. The Labute approximate surface area is 276 Å². The Kier molecular flexibility index (Phi) is 7.80. The minimum atomic E-state index is -0.0993. The lowest BCUT2D eigenvalue weighted by Crippen LogP contribution is -2.13. The second-order valence-electron chi connectivity index (χ2n) is 12.9. The summed E-state index contributed by atoms with van der Waals surface area (Å²) in [6.07, 6.45) is 3.48. The van der Waals surface area contributed by atoms with Crippen molar-refractivity contribution in [1.29, 1.82) is 0 Å². The van der Waals surface area contributed by atoms with Crippen molar-refractivity contribution in [3.63, 3.8) is 0 Å². The van der Waals surface area contributed by atoms with Crippen LogP contribution in [-0.4, -0.2) is 26.4 Å². The minimum Gasteiger partial charge on any atom is -0.497 e. The summed E-state index contributed by atoms with van der Waals surface area (Å²) in [6, 6.07) is 35.6. The van der Waals surface area contributed by atoms with E-state index in [0.717, 1.165) is 69.1 Å². The van der Waals surface area contributed by atoms with Crippen molar-refractivity contribution in [2.24, 2.45) is 0 Å². The van der Waals surface area contributed by atoms with Gasteiger partial charge in [-0.2, -0.15) is 5.10 Å². The molecule has 7 aromatic rings. The summed E-state index contributed by atoms with van der Waals surface area (Å²) in [5, 5.41) is 7.47. The summed E-state index contributed by atoms with van der Waals surface area (Å²) < 4.78 is 16.6. The summed E-state index contributed by atoms with van der Waals surface area (Å²) in [6.45, 7) is 11.1. The van der Waals surface area contributed by atoms with Gasteiger partial charge in [0.05, 0.1) is 35.2 Å². The van der Waals surface area contributed by atoms with Gasteiger partial charge in [0.15, 0.2) is 0 Å². The first-order valence-corrected chi connectivity index (χ1v) is 16.3. The molecule has 0 aliphatic rings. The number of benzene rings is 4. The van der Waals surface area contributed by atoms with Gasteiger partial charge in [0.2, 0.25) is 0 Å². The topological polar surface area (TPSA) is 54.1 Å². The number of methoxy groups -OCH3 is 1. The van der Waals surface area contributed by atoms with E-state index >= 15 is 0 Å². The Morgan fingerprint density at radius 1 is 0.702 bits per heavy atom. The van der Waals surface area contributed by atoms with Gasteiger partial charge >= 0.3 is 0 Å². The van der Waals surface area contributed by atoms with E-state index in [1.807, 2.05) is 12.1 Å². The summed E-state index contributed by atoms with van der Waals surface area (Å²) in [5.74, 6) is 3.06. The van der Waals surface area contributed by atoms with Gasteiger partial charge in [-0.15, -0.1) is 0 Å². The fourth-order valence-corrected chi connectivity index (χ4v) is 6.47. The Bertz CT molecular complexity index is 2220. The van der Waals surface area contributed by atoms with Crippen molar-refractivity contribution in [1.82, 2.24) is 19.3 Å². The van der Waals surface area contributed by atoms with E-state index in [2.05, 4.69) is 135 Å². The van der Waals surface area contributed by atoms with Gasteiger partial charge in [0.1, 0.15) is 23.1 Å². The van der Waals surface area contributed by atoms with Gasteiger partial charge in [0.25, 0.3) is 0 Å². The highest BCUT2D eigenvalue weighted by Gasteiger charge is 2.22. The number of pyridine rings is 1. The zero-order valence-corrected chi connectivity index (χ0v) is 27.9. The monoisotopic (exact) mass is 620 g/mol. The summed E-state index contributed by atoms with van der Waals surface area (Å²) in [5.41, 5.74) is 8.88. The molecule has 0 unspecified atom stereocenters. The smallest absolute Gasteiger partial charge is 0.141 e. The van der Waals surface area contributed by atoms with Crippen molar-refractivity contribution in [2.75, 3.05) is 7.11 Å². The predicted octanol–water partition coefficient (Wildman–Crippen LogP) is 10.3. The molecule has 0 fully saturated rings. The fraction of sp³-hybridized carbons (Fsp3) is 0.220. The molecule has 4 aromatic carbocycles. The van der Waals surface area contributed by atoms with Crippen molar-refractivity contribution >= 4 is 21.8 Å². The van der Waals surface area contributed by atoms with E-state index in [0.29, 0.717) is 0 Å². The predicted molar refractivity (Wildman–Crippen MR) is 192 cm³/mol. The van der Waals surface area contributed by atoms with Gasteiger partial charge in [-0.25, -0.2) is 9.67 Å². The lowest BCUT2D eigenvalue weighted by molar-refractivity contribution is 0.414. The number of ether oxygens (including phenoxy) is 2. The largest absolute Gasteiger partial charge is 0.497 e. The lowest BCUT2D eigenvalue weighted by atomic mass is 9.86. The van der Waals surface area contributed by atoms with Crippen molar-refractivity contribution in [3.8, 4) is 39.9 Å².